The fourth-order valence-corrected chi connectivity index (χ4v) is 4.94. The fourth-order valence-electron chi connectivity index (χ4n) is 4.05. The summed E-state index contributed by atoms with van der Waals surface area (Å²) in [6.45, 7) is 2.08. The Labute approximate surface area is 177 Å². The number of hydrogen-bond acceptors (Lipinski definition) is 5. The summed E-state index contributed by atoms with van der Waals surface area (Å²) in [7, 11) is 2.12. The predicted octanol–water partition coefficient (Wildman–Crippen LogP) is 4.88. The first-order valence-corrected chi connectivity index (χ1v) is 10.7. The molecular weight excluding hydrogens is 413 g/mol. The average molecular weight is 437 g/mol. The number of amidine groups is 1. The molecule has 2 aromatic rings. The van der Waals surface area contributed by atoms with Crippen LogP contribution < -0.4 is 0 Å². The smallest absolute Gasteiger partial charge is 0.416 e. The van der Waals surface area contributed by atoms with Crippen molar-refractivity contribution in [2.75, 3.05) is 26.7 Å². The maximum atomic E-state index is 12.8. The molecule has 5 nitrogen and oxygen atoms in total. The van der Waals surface area contributed by atoms with Gasteiger partial charge in [0.15, 0.2) is 0 Å². The number of hydrogen-bond donors (Lipinski definition) is 2. The number of nitrogens with one attached hydrogen (secondary N) is 1. The van der Waals surface area contributed by atoms with E-state index < -0.39 is 11.7 Å². The molecule has 3 heterocycles. The standard InChI is InChI=1S/C21H23F3N4OS/c1-27-9-2-3-15(27)8-10-28-11-17(29)18(19(28)25)20-26-16(12-30-20)13-4-6-14(7-5-13)21(22,23)24/h4-7,12,15,25,29H,2-3,8-11H2,1H3. The van der Waals surface area contributed by atoms with Crippen molar-refractivity contribution in [3.63, 3.8) is 0 Å². The van der Waals surface area contributed by atoms with E-state index in [-0.39, 0.29) is 11.6 Å². The Bertz CT molecular complexity index is 967. The maximum Gasteiger partial charge on any atom is 0.416 e. The Morgan fingerprint density at radius 1 is 1.27 bits per heavy atom. The highest BCUT2D eigenvalue weighted by atomic mass is 32.1. The van der Waals surface area contributed by atoms with Gasteiger partial charge in [-0.05, 0) is 45.0 Å². The van der Waals surface area contributed by atoms with Gasteiger partial charge in [-0.3, -0.25) is 5.41 Å². The number of halogens is 3. The second-order valence-electron chi connectivity index (χ2n) is 7.77. The summed E-state index contributed by atoms with van der Waals surface area (Å²) < 4.78 is 38.3. The number of aliphatic hydroxyl groups excluding tert-OH is 1. The molecule has 2 aliphatic rings. The first-order valence-electron chi connectivity index (χ1n) is 9.84. The van der Waals surface area contributed by atoms with Crippen LogP contribution >= 0.6 is 11.3 Å². The second kappa shape index (κ2) is 8.03. The molecule has 0 radical (unpaired) electrons. The van der Waals surface area contributed by atoms with E-state index in [0.29, 0.717) is 41.0 Å². The Hall–Kier alpha value is -2.39. The number of aromatic nitrogens is 1. The number of alkyl halides is 3. The SMILES string of the molecule is CN1CCCC1CCN1CC(O)=C(c2nc(-c3ccc(C(F)(F)F)cc3)cs2)C1=N. The Kier molecular flexibility index (Phi) is 5.59. The highest BCUT2D eigenvalue weighted by Gasteiger charge is 2.32. The molecule has 1 aromatic carbocycles. The van der Waals surface area contributed by atoms with E-state index in [1.165, 1.54) is 29.9 Å². The van der Waals surface area contributed by atoms with Crippen molar-refractivity contribution in [3.8, 4) is 11.3 Å². The topological polar surface area (TPSA) is 63.5 Å². The molecule has 0 aliphatic carbocycles. The van der Waals surface area contributed by atoms with E-state index in [1.807, 2.05) is 4.90 Å². The van der Waals surface area contributed by atoms with E-state index in [9.17, 15) is 18.3 Å². The van der Waals surface area contributed by atoms with Crippen LogP contribution in [-0.4, -0.2) is 58.4 Å². The van der Waals surface area contributed by atoms with Crippen LogP contribution in [-0.2, 0) is 6.18 Å². The van der Waals surface area contributed by atoms with Crippen molar-refractivity contribution in [2.45, 2.75) is 31.5 Å². The zero-order valence-corrected chi connectivity index (χ0v) is 17.4. The normalized spacial score (nSPS) is 20.6. The van der Waals surface area contributed by atoms with Gasteiger partial charge in [-0.15, -0.1) is 11.3 Å². The van der Waals surface area contributed by atoms with Gasteiger partial charge in [0.25, 0.3) is 0 Å². The summed E-state index contributed by atoms with van der Waals surface area (Å²) in [5.41, 5.74) is 0.806. The number of aliphatic hydroxyl groups is 1. The zero-order valence-electron chi connectivity index (χ0n) is 16.5. The second-order valence-corrected chi connectivity index (χ2v) is 8.63. The average Bonchev–Trinajstić information content (AvgIpc) is 3.39. The van der Waals surface area contributed by atoms with Gasteiger partial charge in [0, 0.05) is 23.5 Å². The van der Waals surface area contributed by atoms with Gasteiger partial charge in [-0.2, -0.15) is 13.2 Å². The molecule has 160 valence electrons. The molecule has 1 saturated heterocycles. The van der Waals surface area contributed by atoms with Crippen LogP contribution in [0.25, 0.3) is 16.8 Å². The van der Waals surface area contributed by atoms with Gasteiger partial charge in [0.1, 0.15) is 16.6 Å². The molecular formula is C21H23F3N4OS. The fraction of sp³-hybridized carbons (Fsp3) is 0.429. The largest absolute Gasteiger partial charge is 0.510 e. The molecule has 4 rings (SSSR count). The van der Waals surface area contributed by atoms with E-state index in [1.54, 1.807) is 5.38 Å². The lowest BCUT2D eigenvalue weighted by atomic mass is 10.1. The first kappa shape index (κ1) is 20.9. The van der Waals surface area contributed by atoms with Gasteiger partial charge >= 0.3 is 6.18 Å². The molecule has 2 aliphatic heterocycles. The summed E-state index contributed by atoms with van der Waals surface area (Å²) in [6.07, 6.45) is -1.09. The summed E-state index contributed by atoms with van der Waals surface area (Å²) in [6, 6.07) is 5.35. The van der Waals surface area contributed by atoms with Gasteiger partial charge in [-0.1, -0.05) is 12.1 Å². The molecule has 1 atom stereocenters. The van der Waals surface area contributed by atoms with Crippen LogP contribution in [0, 0.1) is 5.41 Å². The van der Waals surface area contributed by atoms with E-state index in [4.69, 9.17) is 5.41 Å². The first-order chi connectivity index (χ1) is 14.2. The highest BCUT2D eigenvalue weighted by molar-refractivity contribution is 7.11. The van der Waals surface area contributed by atoms with Crippen LogP contribution in [0.5, 0.6) is 0 Å². The summed E-state index contributed by atoms with van der Waals surface area (Å²) in [5.74, 6) is 0.370. The van der Waals surface area contributed by atoms with Crippen molar-refractivity contribution in [1.29, 1.82) is 5.41 Å². The molecule has 2 N–H and O–H groups in total. The van der Waals surface area contributed by atoms with Crippen LogP contribution in [0.15, 0.2) is 35.4 Å². The van der Waals surface area contributed by atoms with Crippen molar-refractivity contribution >= 4 is 22.7 Å². The number of rotatable bonds is 5. The van der Waals surface area contributed by atoms with Crippen molar-refractivity contribution in [1.82, 2.24) is 14.8 Å². The lowest BCUT2D eigenvalue weighted by Crippen LogP contribution is -2.33. The molecule has 30 heavy (non-hydrogen) atoms. The van der Waals surface area contributed by atoms with Crippen LogP contribution in [0.2, 0.25) is 0 Å². The minimum Gasteiger partial charge on any atom is -0.510 e. The van der Waals surface area contributed by atoms with Crippen molar-refractivity contribution < 1.29 is 18.3 Å². The van der Waals surface area contributed by atoms with E-state index in [2.05, 4.69) is 16.9 Å². The Morgan fingerprint density at radius 2 is 2.00 bits per heavy atom. The molecule has 0 saturated carbocycles. The Morgan fingerprint density at radius 3 is 2.63 bits per heavy atom. The summed E-state index contributed by atoms with van der Waals surface area (Å²) in [5, 5.41) is 21.2. The van der Waals surface area contributed by atoms with Crippen molar-refractivity contribution in [3.05, 3.63) is 46.0 Å². The monoisotopic (exact) mass is 436 g/mol. The lowest BCUT2D eigenvalue weighted by Gasteiger charge is -2.24. The summed E-state index contributed by atoms with van der Waals surface area (Å²) in [4.78, 5) is 8.68. The number of thiazole rings is 1. The number of likely N-dealkylation sites (tertiary alicyclic amines) is 1. The number of benzene rings is 1. The van der Waals surface area contributed by atoms with Gasteiger partial charge in [-0.25, -0.2) is 4.98 Å². The van der Waals surface area contributed by atoms with Gasteiger partial charge in [0.2, 0.25) is 0 Å². The number of nitrogens with zero attached hydrogens (tertiary/aromatic N) is 3. The molecule has 0 bridgehead atoms. The van der Waals surface area contributed by atoms with Crippen LogP contribution in [0.4, 0.5) is 13.2 Å². The highest BCUT2D eigenvalue weighted by Crippen LogP contribution is 2.34. The lowest BCUT2D eigenvalue weighted by molar-refractivity contribution is -0.137. The molecule has 9 heteroatoms. The third-order valence-electron chi connectivity index (χ3n) is 5.81. The molecule has 1 unspecified atom stereocenters. The third kappa shape index (κ3) is 4.09. The summed E-state index contributed by atoms with van der Waals surface area (Å²) >= 11 is 1.28. The zero-order chi connectivity index (χ0) is 21.5. The molecule has 1 fully saturated rings. The van der Waals surface area contributed by atoms with E-state index >= 15 is 0 Å². The molecule has 0 amide bonds. The minimum atomic E-state index is -4.38. The Balaban J connectivity index is 1.46. The quantitative estimate of drug-likeness (QED) is 0.702. The third-order valence-corrected chi connectivity index (χ3v) is 6.67. The molecule has 1 aromatic heterocycles. The van der Waals surface area contributed by atoms with Crippen LogP contribution in [0.3, 0.4) is 0 Å². The maximum absolute atomic E-state index is 12.8. The predicted molar refractivity (Wildman–Crippen MR) is 112 cm³/mol. The minimum absolute atomic E-state index is 0.119. The van der Waals surface area contributed by atoms with Crippen molar-refractivity contribution in [2.24, 2.45) is 0 Å². The van der Waals surface area contributed by atoms with E-state index in [0.717, 1.165) is 31.5 Å². The van der Waals surface area contributed by atoms with Crippen LogP contribution in [0.1, 0.15) is 29.8 Å². The van der Waals surface area contributed by atoms with Gasteiger partial charge in [0.05, 0.1) is 23.4 Å². The molecule has 0 spiro atoms. The van der Waals surface area contributed by atoms with Gasteiger partial charge < -0.3 is 14.9 Å².